The zero-order chi connectivity index (χ0) is 13.1. The molecule has 3 amide bonds. The molecule has 3 unspecified atom stereocenters. The van der Waals surface area contributed by atoms with Crippen LogP contribution in [-0.2, 0) is 14.3 Å². The molecule has 7 nitrogen and oxygen atoms in total. The summed E-state index contributed by atoms with van der Waals surface area (Å²) >= 11 is 0. The van der Waals surface area contributed by atoms with Crippen molar-refractivity contribution in [1.82, 2.24) is 10.6 Å². The average molecular weight is 256 g/mol. The third kappa shape index (κ3) is 3.19. The number of fused-ring (bicyclic) bond motifs is 2. The predicted octanol–water partition coefficient (Wildman–Crippen LogP) is -0.00310. The topological polar surface area (TPSA) is 105 Å². The molecule has 0 spiro atoms. The van der Waals surface area contributed by atoms with Gasteiger partial charge in [-0.3, -0.25) is 14.9 Å². The minimum atomic E-state index is -1.06. The summed E-state index contributed by atoms with van der Waals surface area (Å²) in [5.41, 5.74) is 0. The van der Waals surface area contributed by atoms with Crippen LogP contribution in [-0.4, -0.2) is 41.3 Å². The third-order valence-corrected chi connectivity index (χ3v) is 3.24. The summed E-state index contributed by atoms with van der Waals surface area (Å²) in [7, 11) is 0. The van der Waals surface area contributed by atoms with E-state index in [4.69, 9.17) is 9.84 Å². The number of carbonyl (C=O) groups excluding carboxylic acids is 2. The fraction of sp³-hybridized carbons (Fsp3) is 0.727. The van der Waals surface area contributed by atoms with E-state index in [-0.39, 0.29) is 31.1 Å². The van der Waals surface area contributed by atoms with E-state index in [1.807, 2.05) is 0 Å². The number of hydrogen-bond acceptors (Lipinski definition) is 4. The number of carboxylic acid groups (broad SMARTS) is 1. The van der Waals surface area contributed by atoms with E-state index in [2.05, 4.69) is 10.6 Å². The summed E-state index contributed by atoms with van der Waals surface area (Å²) < 4.78 is 5.56. The van der Waals surface area contributed by atoms with Crippen molar-refractivity contribution in [2.45, 2.75) is 50.4 Å². The number of rotatable bonds is 4. The Bertz CT molecular complexity index is 370. The SMILES string of the molecule is O=C(O)CCC(=O)NC(=O)NC1CC2CCC1O2. The Labute approximate surface area is 104 Å². The zero-order valence-corrected chi connectivity index (χ0v) is 9.85. The molecule has 2 fully saturated rings. The molecule has 2 bridgehead atoms. The molecule has 3 atom stereocenters. The van der Waals surface area contributed by atoms with Gasteiger partial charge in [0.2, 0.25) is 5.91 Å². The van der Waals surface area contributed by atoms with Gasteiger partial charge in [-0.15, -0.1) is 0 Å². The van der Waals surface area contributed by atoms with E-state index in [1.165, 1.54) is 0 Å². The molecule has 0 aromatic heterocycles. The standard InChI is InChI=1S/C11H16N2O5/c14-9(3-4-10(15)16)13-11(17)12-7-5-6-1-2-8(7)18-6/h6-8H,1-5H2,(H,15,16)(H2,12,13,14,17). The third-order valence-electron chi connectivity index (χ3n) is 3.24. The van der Waals surface area contributed by atoms with Crippen LogP contribution in [0.5, 0.6) is 0 Å². The van der Waals surface area contributed by atoms with E-state index in [9.17, 15) is 14.4 Å². The van der Waals surface area contributed by atoms with Gasteiger partial charge >= 0.3 is 12.0 Å². The second kappa shape index (κ2) is 5.34. The van der Waals surface area contributed by atoms with Crippen molar-refractivity contribution < 1.29 is 24.2 Å². The first-order valence-electron chi connectivity index (χ1n) is 6.02. The van der Waals surface area contributed by atoms with Gasteiger partial charge in [0.25, 0.3) is 0 Å². The van der Waals surface area contributed by atoms with Gasteiger partial charge in [-0.05, 0) is 19.3 Å². The van der Waals surface area contributed by atoms with Crippen LogP contribution >= 0.6 is 0 Å². The minimum absolute atomic E-state index is 0.0453. The number of aliphatic carboxylic acids is 1. The Hall–Kier alpha value is -1.63. The van der Waals surface area contributed by atoms with Crippen molar-refractivity contribution in [3.05, 3.63) is 0 Å². The molecule has 0 aromatic rings. The van der Waals surface area contributed by atoms with E-state index >= 15 is 0 Å². The van der Waals surface area contributed by atoms with Crippen LogP contribution in [0.15, 0.2) is 0 Å². The number of carbonyl (C=O) groups is 3. The van der Waals surface area contributed by atoms with Gasteiger partial charge in [-0.1, -0.05) is 0 Å². The van der Waals surface area contributed by atoms with Gasteiger partial charge in [-0.2, -0.15) is 0 Å². The maximum absolute atomic E-state index is 11.5. The highest BCUT2D eigenvalue weighted by Crippen LogP contribution is 2.34. The maximum Gasteiger partial charge on any atom is 0.321 e. The highest BCUT2D eigenvalue weighted by molar-refractivity contribution is 5.95. The molecule has 0 aromatic carbocycles. The fourth-order valence-electron chi connectivity index (χ4n) is 2.40. The van der Waals surface area contributed by atoms with Crippen molar-refractivity contribution in [3.8, 4) is 0 Å². The van der Waals surface area contributed by atoms with Crippen LogP contribution in [0, 0.1) is 0 Å². The van der Waals surface area contributed by atoms with Crippen LogP contribution in [0.3, 0.4) is 0 Å². The molecular weight excluding hydrogens is 240 g/mol. The molecule has 2 aliphatic heterocycles. The minimum Gasteiger partial charge on any atom is -0.481 e. The van der Waals surface area contributed by atoms with Gasteiger partial charge in [0.1, 0.15) is 0 Å². The van der Waals surface area contributed by atoms with Crippen LogP contribution in [0.25, 0.3) is 0 Å². The first-order valence-corrected chi connectivity index (χ1v) is 6.02. The highest BCUT2D eigenvalue weighted by atomic mass is 16.5. The van der Waals surface area contributed by atoms with Gasteiger partial charge in [-0.25, -0.2) is 4.79 Å². The summed E-state index contributed by atoms with van der Waals surface area (Å²) in [6.45, 7) is 0. The predicted molar refractivity (Wildman–Crippen MR) is 59.8 cm³/mol. The molecule has 2 aliphatic rings. The summed E-state index contributed by atoms with van der Waals surface area (Å²) in [5, 5.41) is 13.2. The number of imide groups is 1. The lowest BCUT2D eigenvalue weighted by atomic mass is 9.96. The van der Waals surface area contributed by atoms with E-state index in [1.54, 1.807) is 0 Å². The zero-order valence-electron chi connectivity index (χ0n) is 9.85. The number of urea groups is 1. The number of carboxylic acids is 1. The lowest BCUT2D eigenvalue weighted by molar-refractivity contribution is -0.138. The lowest BCUT2D eigenvalue weighted by Crippen LogP contribution is -2.48. The first-order chi connectivity index (χ1) is 8.54. The maximum atomic E-state index is 11.5. The Kier molecular flexibility index (Phi) is 3.81. The molecule has 100 valence electrons. The van der Waals surface area contributed by atoms with Crippen molar-refractivity contribution in [1.29, 1.82) is 0 Å². The fourth-order valence-corrected chi connectivity index (χ4v) is 2.40. The van der Waals surface area contributed by atoms with Crippen LogP contribution in [0.1, 0.15) is 32.1 Å². The molecule has 2 heterocycles. The summed E-state index contributed by atoms with van der Waals surface area (Å²) in [4.78, 5) is 33.0. The number of nitrogens with one attached hydrogen (secondary N) is 2. The number of amides is 3. The summed E-state index contributed by atoms with van der Waals surface area (Å²) in [6.07, 6.45) is 2.54. The smallest absolute Gasteiger partial charge is 0.321 e. The average Bonchev–Trinajstić information content (AvgIpc) is 2.87. The highest BCUT2D eigenvalue weighted by Gasteiger charge is 2.41. The van der Waals surface area contributed by atoms with Crippen LogP contribution in [0.4, 0.5) is 4.79 Å². The Morgan fingerprint density at radius 3 is 2.56 bits per heavy atom. The second-order valence-corrected chi connectivity index (χ2v) is 4.63. The van der Waals surface area contributed by atoms with Crippen molar-refractivity contribution >= 4 is 17.9 Å². The van der Waals surface area contributed by atoms with Crippen molar-refractivity contribution in [2.24, 2.45) is 0 Å². The Balaban J connectivity index is 1.69. The van der Waals surface area contributed by atoms with Crippen LogP contribution in [0.2, 0.25) is 0 Å². The van der Waals surface area contributed by atoms with Gasteiger partial charge in [0, 0.05) is 6.42 Å². The molecule has 2 saturated heterocycles. The largest absolute Gasteiger partial charge is 0.481 e. The van der Waals surface area contributed by atoms with Crippen molar-refractivity contribution in [2.75, 3.05) is 0 Å². The molecule has 3 N–H and O–H groups in total. The van der Waals surface area contributed by atoms with E-state index < -0.39 is 17.9 Å². The normalized spacial score (nSPS) is 29.0. The molecule has 18 heavy (non-hydrogen) atoms. The molecule has 0 radical (unpaired) electrons. The number of hydrogen-bond donors (Lipinski definition) is 3. The number of ether oxygens (including phenoxy) is 1. The molecular formula is C11H16N2O5. The Morgan fingerprint density at radius 1 is 1.22 bits per heavy atom. The van der Waals surface area contributed by atoms with Crippen LogP contribution < -0.4 is 10.6 Å². The summed E-state index contributed by atoms with van der Waals surface area (Å²) in [6, 6.07) is -0.623. The van der Waals surface area contributed by atoms with Crippen molar-refractivity contribution in [3.63, 3.8) is 0 Å². The first kappa shape index (κ1) is 12.8. The van der Waals surface area contributed by atoms with Gasteiger partial charge in [0.15, 0.2) is 0 Å². The van der Waals surface area contributed by atoms with Gasteiger partial charge < -0.3 is 15.2 Å². The Morgan fingerprint density at radius 2 is 2.00 bits per heavy atom. The second-order valence-electron chi connectivity index (χ2n) is 4.63. The molecule has 2 rings (SSSR count). The summed E-state index contributed by atoms with van der Waals surface area (Å²) in [5.74, 6) is -1.65. The molecule has 7 heteroatoms. The van der Waals surface area contributed by atoms with E-state index in [0.29, 0.717) is 0 Å². The lowest BCUT2D eigenvalue weighted by Gasteiger charge is -2.19. The molecule has 0 aliphatic carbocycles. The van der Waals surface area contributed by atoms with E-state index in [0.717, 1.165) is 19.3 Å². The monoisotopic (exact) mass is 256 g/mol. The van der Waals surface area contributed by atoms with Gasteiger partial charge in [0.05, 0.1) is 24.7 Å². The quantitative estimate of drug-likeness (QED) is 0.656. The molecule has 0 saturated carbocycles.